The van der Waals surface area contributed by atoms with Gasteiger partial charge in [0.15, 0.2) is 0 Å². The van der Waals surface area contributed by atoms with Gasteiger partial charge in [0.25, 0.3) is 0 Å². The van der Waals surface area contributed by atoms with E-state index in [0.717, 1.165) is 28.0 Å². The van der Waals surface area contributed by atoms with Crippen molar-refractivity contribution in [2.45, 2.75) is 26.0 Å². The van der Waals surface area contributed by atoms with Crippen molar-refractivity contribution in [1.82, 2.24) is 5.32 Å². The Hall–Kier alpha value is -1.11. The Balaban J connectivity index is 2.16. The van der Waals surface area contributed by atoms with Gasteiger partial charge in [-0.25, -0.2) is 0 Å². The van der Waals surface area contributed by atoms with Gasteiger partial charge in [0, 0.05) is 29.3 Å². The van der Waals surface area contributed by atoms with Gasteiger partial charge in [-0.15, -0.1) is 0 Å². The molecule has 0 fully saturated rings. The van der Waals surface area contributed by atoms with Crippen LogP contribution in [0.3, 0.4) is 0 Å². The van der Waals surface area contributed by atoms with Crippen LogP contribution in [-0.4, -0.2) is 39.3 Å². The van der Waals surface area contributed by atoms with E-state index in [0.29, 0.717) is 6.61 Å². The van der Waals surface area contributed by atoms with E-state index in [4.69, 9.17) is 4.74 Å². The summed E-state index contributed by atoms with van der Waals surface area (Å²) in [4.78, 5) is 14.0. The van der Waals surface area contributed by atoms with Crippen LogP contribution in [0.4, 0.5) is 11.4 Å². The molecule has 0 bridgehead atoms. The first-order valence-corrected chi connectivity index (χ1v) is 7.87. The van der Waals surface area contributed by atoms with Gasteiger partial charge in [-0.3, -0.25) is 4.79 Å². The zero-order valence-corrected chi connectivity index (χ0v) is 14.5. The number of anilines is 2. The number of fused-ring (bicyclic) bond motifs is 1. The smallest absolute Gasteiger partial charge is 0.246 e. The number of likely N-dealkylation sites (N-methyl/N-ethyl adjacent to an activating group) is 2. The fourth-order valence-electron chi connectivity index (χ4n) is 2.40. The van der Waals surface area contributed by atoms with E-state index in [1.807, 2.05) is 33.0 Å². The molecule has 0 aromatic heterocycles. The fraction of sp³-hybridized carbons (Fsp3) is 0.533. The molecule has 1 amide bonds. The summed E-state index contributed by atoms with van der Waals surface area (Å²) in [7, 11) is 3.80. The summed E-state index contributed by atoms with van der Waals surface area (Å²) in [6.45, 7) is 5.51. The van der Waals surface area contributed by atoms with Gasteiger partial charge in [0.2, 0.25) is 5.91 Å². The summed E-state index contributed by atoms with van der Waals surface area (Å²) < 4.78 is 6.56. The normalized spacial score (nSPS) is 17.0. The lowest BCUT2D eigenvalue weighted by atomic mass is 10.1. The van der Waals surface area contributed by atoms with Crippen molar-refractivity contribution < 1.29 is 9.53 Å². The number of carbonyl (C=O) groups is 1. The Labute approximate surface area is 134 Å². The highest BCUT2D eigenvalue weighted by molar-refractivity contribution is 9.10. The number of hydrogen-bond acceptors (Lipinski definition) is 4. The molecular weight excluding hydrogens is 334 g/mol. The number of benzene rings is 1. The Kier molecular flexibility index (Phi) is 5.24. The fourth-order valence-corrected chi connectivity index (χ4v) is 3.06. The third-order valence-corrected chi connectivity index (χ3v) is 4.16. The highest BCUT2D eigenvalue weighted by atomic mass is 79.9. The Morgan fingerprint density at radius 1 is 1.48 bits per heavy atom. The van der Waals surface area contributed by atoms with Crippen molar-refractivity contribution in [2.24, 2.45) is 0 Å². The van der Waals surface area contributed by atoms with Gasteiger partial charge < -0.3 is 20.3 Å². The second-order valence-corrected chi connectivity index (χ2v) is 6.30. The Bertz CT molecular complexity index is 534. The molecule has 1 aromatic rings. The van der Waals surface area contributed by atoms with Crippen LogP contribution in [0.1, 0.15) is 25.5 Å². The number of nitrogens with one attached hydrogen (secondary N) is 2. The molecule has 0 radical (unpaired) electrons. The molecular formula is C15H22BrN3O2. The van der Waals surface area contributed by atoms with E-state index in [1.54, 1.807) is 7.05 Å². The van der Waals surface area contributed by atoms with Gasteiger partial charge in [-0.05, 0) is 49.0 Å². The minimum absolute atomic E-state index is 0.0117. The summed E-state index contributed by atoms with van der Waals surface area (Å²) >= 11 is 3.60. The van der Waals surface area contributed by atoms with Crippen LogP contribution in [0.2, 0.25) is 0 Å². The standard InChI is InChI=1S/C15H22BrN3O2/c1-9(2)21-6-5-19(4)13-8-12-10(7-11(13)16)14(17-3)15(20)18-12/h7-9,14,17H,5-6H2,1-4H3,(H,18,20). The summed E-state index contributed by atoms with van der Waals surface area (Å²) in [6.07, 6.45) is 0.234. The average Bonchev–Trinajstić information content (AvgIpc) is 2.71. The molecule has 5 nitrogen and oxygen atoms in total. The summed E-state index contributed by atoms with van der Waals surface area (Å²) in [5.41, 5.74) is 2.89. The van der Waals surface area contributed by atoms with Crippen LogP contribution >= 0.6 is 15.9 Å². The lowest BCUT2D eigenvalue weighted by Gasteiger charge is -2.22. The zero-order chi connectivity index (χ0) is 15.6. The van der Waals surface area contributed by atoms with Crippen LogP contribution in [-0.2, 0) is 9.53 Å². The van der Waals surface area contributed by atoms with E-state index in [9.17, 15) is 4.79 Å². The van der Waals surface area contributed by atoms with Gasteiger partial charge in [0.05, 0.1) is 18.4 Å². The minimum Gasteiger partial charge on any atom is -0.377 e. The molecule has 21 heavy (non-hydrogen) atoms. The molecule has 1 aliphatic heterocycles. The molecule has 2 N–H and O–H groups in total. The van der Waals surface area contributed by atoms with E-state index >= 15 is 0 Å². The first-order valence-electron chi connectivity index (χ1n) is 7.08. The maximum absolute atomic E-state index is 11.9. The highest BCUT2D eigenvalue weighted by Gasteiger charge is 2.30. The largest absolute Gasteiger partial charge is 0.377 e. The van der Waals surface area contributed by atoms with Crippen LogP contribution in [0.15, 0.2) is 16.6 Å². The summed E-state index contributed by atoms with van der Waals surface area (Å²) in [6, 6.07) is 3.73. The molecule has 0 saturated heterocycles. The van der Waals surface area contributed by atoms with Crippen molar-refractivity contribution in [2.75, 3.05) is 37.5 Å². The molecule has 2 rings (SSSR count). The van der Waals surface area contributed by atoms with Gasteiger partial charge >= 0.3 is 0 Å². The molecule has 0 spiro atoms. The number of rotatable bonds is 6. The van der Waals surface area contributed by atoms with E-state index in [2.05, 4.69) is 31.5 Å². The third-order valence-electron chi connectivity index (χ3n) is 3.53. The Morgan fingerprint density at radius 3 is 2.81 bits per heavy atom. The Morgan fingerprint density at radius 2 is 2.19 bits per heavy atom. The molecule has 1 aliphatic rings. The average molecular weight is 356 g/mol. The first kappa shape index (κ1) is 16.3. The van der Waals surface area contributed by atoms with Crippen molar-refractivity contribution in [3.05, 3.63) is 22.2 Å². The number of ether oxygens (including phenoxy) is 1. The zero-order valence-electron chi connectivity index (χ0n) is 12.9. The lowest BCUT2D eigenvalue weighted by Crippen LogP contribution is -2.24. The number of amides is 1. The van der Waals surface area contributed by atoms with Crippen molar-refractivity contribution in [3.8, 4) is 0 Å². The number of halogens is 1. The maximum atomic E-state index is 11.9. The molecule has 116 valence electrons. The molecule has 0 aliphatic carbocycles. The SMILES string of the molecule is CNC1C(=O)Nc2cc(N(C)CCOC(C)C)c(Br)cc21. The van der Waals surface area contributed by atoms with Gasteiger partial charge in [-0.1, -0.05) is 0 Å². The van der Waals surface area contributed by atoms with Gasteiger partial charge in [0.1, 0.15) is 6.04 Å². The van der Waals surface area contributed by atoms with Crippen LogP contribution in [0, 0.1) is 0 Å². The summed E-state index contributed by atoms with van der Waals surface area (Å²) in [5, 5.41) is 5.94. The quantitative estimate of drug-likeness (QED) is 0.823. The van der Waals surface area contributed by atoms with E-state index in [1.165, 1.54) is 0 Å². The van der Waals surface area contributed by atoms with Crippen LogP contribution < -0.4 is 15.5 Å². The second kappa shape index (κ2) is 6.77. The van der Waals surface area contributed by atoms with Crippen LogP contribution in [0.25, 0.3) is 0 Å². The molecule has 1 aromatic carbocycles. The van der Waals surface area contributed by atoms with E-state index < -0.39 is 0 Å². The third kappa shape index (κ3) is 3.56. The summed E-state index contributed by atoms with van der Waals surface area (Å²) in [5.74, 6) is -0.0117. The number of nitrogens with zero attached hydrogens (tertiary/aromatic N) is 1. The molecule has 1 unspecified atom stereocenters. The molecule has 1 heterocycles. The lowest BCUT2D eigenvalue weighted by molar-refractivity contribution is -0.117. The predicted molar refractivity (Wildman–Crippen MR) is 88.9 cm³/mol. The highest BCUT2D eigenvalue weighted by Crippen LogP contribution is 2.38. The van der Waals surface area contributed by atoms with Crippen molar-refractivity contribution in [1.29, 1.82) is 0 Å². The van der Waals surface area contributed by atoms with Gasteiger partial charge in [-0.2, -0.15) is 0 Å². The molecule has 1 atom stereocenters. The van der Waals surface area contributed by atoms with Crippen LogP contribution in [0.5, 0.6) is 0 Å². The first-order chi connectivity index (χ1) is 9.93. The maximum Gasteiger partial charge on any atom is 0.246 e. The predicted octanol–water partition coefficient (Wildman–Crippen LogP) is 2.52. The number of hydrogen-bond donors (Lipinski definition) is 2. The second-order valence-electron chi connectivity index (χ2n) is 5.44. The molecule has 0 saturated carbocycles. The van der Waals surface area contributed by atoms with Crippen molar-refractivity contribution >= 4 is 33.2 Å². The van der Waals surface area contributed by atoms with E-state index in [-0.39, 0.29) is 18.1 Å². The number of carbonyl (C=O) groups excluding carboxylic acids is 1. The topological polar surface area (TPSA) is 53.6 Å². The molecule has 6 heteroatoms. The van der Waals surface area contributed by atoms with Crippen molar-refractivity contribution in [3.63, 3.8) is 0 Å². The monoisotopic (exact) mass is 355 g/mol. The minimum atomic E-state index is -0.278.